The van der Waals surface area contributed by atoms with Crippen LogP contribution in [-0.2, 0) is 0 Å². The standard InChI is InChI=1S/C12H12Cl2N4O/c1-3-15-11-16-10(17-12(18-11)19-2)7-4-8(13)6-9(14)5-7/h4-6H,3H2,1-2H3,(H,15,16,17,18). The van der Waals surface area contributed by atoms with E-state index >= 15 is 0 Å². The van der Waals surface area contributed by atoms with E-state index in [2.05, 4.69) is 20.3 Å². The molecule has 1 aromatic carbocycles. The van der Waals surface area contributed by atoms with Crippen LogP contribution in [0.2, 0.25) is 10.0 Å². The van der Waals surface area contributed by atoms with E-state index in [-0.39, 0.29) is 6.01 Å². The van der Waals surface area contributed by atoms with E-state index < -0.39 is 0 Å². The van der Waals surface area contributed by atoms with E-state index in [1.54, 1.807) is 18.2 Å². The monoisotopic (exact) mass is 298 g/mol. The third-order valence-corrected chi connectivity index (χ3v) is 2.69. The summed E-state index contributed by atoms with van der Waals surface area (Å²) in [6.07, 6.45) is 0. The van der Waals surface area contributed by atoms with E-state index in [9.17, 15) is 0 Å². The lowest BCUT2D eigenvalue weighted by Gasteiger charge is -2.07. The summed E-state index contributed by atoms with van der Waals surface area (Å²) < 4.78 is 5.06. The molecule has 0 saturated carbocycles. The first-order valence-electron chi connectivity index (χ1n) is 5.62. The van der Waals surface area contributed by atoms with Crippen LogP contribution in [0.3, 0.4) is 0 Å². The molecule has 2 rings (SSSR count). The zero-order chi connectivity index (χ0) is 13.8. The molecule has 0 bridgehead atoms. The lowest BCUT2D eigenvalue weighted by atomic mass is 10.2. The Labute approximate surface area is 121 Å². The van der Waals surface area contributed by atoms with Gasteiger partial charge in [0.2, 0.25) is 5.95 Å². The molecule has 0 saturated heterocycles. The fraction of sp³-hybridized carbons (Fsp3) is 0.250. The highest BCUT2D eigenvalue weighted by Crippen LogP contribution is 2.26. The number of aromatic nitrogens is 3. The van der Waals surface area contributed by atoms with Crippen LogP contribution in [0.25, 0.3) is 11.4 Å². The highest BCUT2D eigenvalue weighted by Gasteiger charge is 2.10. The van der Waals surface area contributed by atoms with Crippen LogP contribution in [0.4, 0.5) is 5.95 Å². The molecule has 0 aliphatic heterocycles. The van der Waals surface area contributed by atoms with Gasteiger partial charge in [-0.05, 0) is 25.1 Å². The molecule has 5 nitrogen and oxygen atoms in total. The van der Waals surface area contributed by atoms with Gasteiger partial charge in [0.15, 0.2) is 5.82 Å². The number of methoxy groups -OCH3 is 1. The Balaban J connectivity index is 2.50. The Morgan fingerprint density at radius 3 is 2.37 bits per heavy atom. The predicted molar refractivity (Wildman–Crippen MR) is 76.0 cm³/mol. The fourth-order valence-electron chi connectivity index (χ4n) is 1.50. The Morgan fingerprint density at radius 2 is 1.79 bits per heavy atom. The first kappa shape index (κ1) is 13.8. The molecule has 100 valence electrons. The number of rotatable bonds is 4. The van der Waals surface area contributed by atoms with E-state index in [4.69, 9.17) is 27.9 Å². The van der Waals surface area contributed by atoms with Gasteiger partial charge in [-0.15, -0.1) is 0 Å². The van der Waals surface area contributed by atoms with Crippen molar-refractivity contribution in [3.63, 3.8) is 0 Å². The summed E-state index contributed by atoms with van der Waals surface area (Å²) in [4.78, 5) is 12.6. The molecule has 0 fully saturated rings. The van der Waals surface area contributed by atoms with Crippen LogP contribution in [0.15, 0.2) is 18.2 Å². The number of nitrogens with one attached hydrogen (secondary N) is 1. The molecule has 0 atom stereocenters. The van der Waals surface area contributed by atoms with Gasteiger partial charge < -0.3 is 10.1 Å². The number of ether oxygens (including phenoxy) is 1. The van der Waals surface area contributed by atoms with Crippen LogP contribution < -0.4 is 10.1 Å². The minimum atomic E-state index is 0.233. The maximum atomic E-state index is 5.97. The van der Waals surface area contributed by atoms with Crippen molar-refractivity contribution in [2.24, 2.45) is 0 Å². The zero-order valence-electron chi connectivity index (χ0n) is 10.4. The van der Waals surface area contributed by atoms with E-state index in [1.807, 2.05) is 6.92 Å². The van der Waals surface area contributed by atoms with Gasteiger partial charge in [0.25, 0.3) is 0 Å². The first-order valence-corrected chi connectivity index (χ1v) is 6.38. The van der Waals surface area contributed by atoms with Crippen molar-refractivity contribution in [3.05, 3.63) is 28.2 Å². The molecule has 0 aliphatic carbocycles. The maximum absolute atomic E-state index is 5.97. The smallest absolute Gasteiger partial charge is 0.321 e. The molecule has 1 aromatic heterocycles. The summed E-state index contributed by atoms with van der Waals surface area (Å²) in [7, 11) is 1.50. The van der Waals surface area contributed by atoms with Crippen molar-refractivity contribution < 1.29 is 4.74 Å². The zero-order valence-corrected chi connectivity index (χ0v) is 12.0. The lowest BCUT2D eigenvalue weighted by Crippen LogP contribution is -2.06. The Bertz CT molecular complexity index is 572. The second kappa shape index (κ2) is 6.04. The number of anilines is 1. The molecule has 1 N–H and O–H groups in total. The lowest BCUT2D eigenvalue weighted by molar-refractivity contribution is 0.379. The van der Waals surface area contributed by atoms with Gasteiger partial charge in [-0.3, -0.25) is 0 Å². The van der Waals surface area contributed by atoms with Gasteiger partial charge in [-0.25, -0.2) is 0 Å². The fourth-order valence-corrected chi connectivity index (χ4v) is 2.02. The van der Waals surface area contributed by atoms with Crippen molar-refractivity contribution in [1.29, 1.82) is 0 Å². The Morgan fingerprint density at radius 1 is 1.11 bits per heavy atom. The molecule has 19 heavy (non-hydrogen) atoms. The van der Waals surface area contributed by atoms with Gasteiger partial charge in [-0.1, -0.05) is 23.2 Å². The molecule has 0 aliphatic rings. The summed E-state index contributed by atoms with van der Waals surface area (Å²) in [5.41, 5.74) is 0.706. The molecule has 0 amide bonds. The van der Waals surface area contributed by atoms with E-state index in [1.165, 1.54) is 7.11 Å². The molecular weight excluding hydrogens is 287 g/mol. The summed E-state index contributed by atoms with van der Waals surface area (Å²) >= 11 is 11.9. The number of nitrogens with zero attached hydrogens (tertiary/aromatic N) is 3. The molecule has 1 heterocycles. The first-order chi connectivity index (χ1) is 9.12. The number of benzene rings is 1. The van der Waals surface area contributed by atoms with Gasteiger partial charge in [0.1, 0.15) is 0 Å². The van der Waals surface area contributed by atoms with Crippen LogP contribution in [0.5, 0.6) is 6.01 Å². The van der Waals surface area contributed by atoms with Crippen molar-refractivity contribution in [3.8, 4) is 17.4 Å². The number of hydrogen-bond donors (Lipinski definition) is 1. The van der Waals surface area contributed by atoms with Crippen LogP contribution in [-0.4, -0.2) is 28.6 Å². The third-order valence-electron chi connectivity index (χ3n) is 2.25. The average molecular weight is 299 g/mol. The molecule has 0 spiro atoms. The van der Waals surface area contributed by atoms with E-state index in [0.717, 1.165) is 0 Å². The maximum Gasteiger partial charge on any atom is 0.321 e. The molecule has 0 radical (unpaired) electrons. The van der Waals surface area contributed by atoms with Crippen molar-refractivity contribution in [2.75, 3.05) is 19.0 Å². The topological polar surface area (TPSA) is 59.9 Å². The molecule has 7 heteroatoms. The molecule has 2 aromatic rings. The Hall–Kier alpha value is -1.59. The predicted octanol–water partition coefficient (Wildman–Crippen LogP) is 3.29. The van der Waals surface area contributed by atoms with Gasteiger partial charge in [-0.2, -0.15) is 15.0 Å². The molecular formula is C12H12Cl2N4O. The second-order valence-electron chi connectivity index (χ2n) is 3.66. The highest BCUT2D eigenvalue weighted by molar-refractivity contribution is 6.35. The quantitative estimate of drug-likeness (QED) is 0.938. The summed E-state index contributed by atoms with van der Waals surface area (Å²) in [5.74, 6) is 0.896. The van der Waals surface area contributed by atoms with E-state index in [0.29, 0.717) is 33.9 Å². The van der Waals surface area contributed by atoms with Gasteiger partial charge in [0, 0.05) is 22.2 Å². The normalized spacial score (nSPS) is 10.3. The largest absolute Gasteiger partial charge is 0.467 e. The summed E-state index contributed by atoms with van der Waals surface area (Å²) in [6, 6.07) is 5.35. The summed E-state index contributed by atoms with van der Waals surface area (Å²) in [5, 5.41) is 4.05. The van der Waals surface area contributed by atoms with Gasteiger partial charge in [0.05, 0.1) is 7.11 Å². The van der Waals surface area contributed by atoms with Crippen LogP contribution in [0.1, 0.15) is 6.92 Å². The summed E-state index contributed by atoms with van der Waals surface area (Å²) in [6.45, 7) is 2.65. The number of hydrogen-bond acceptors (Lipinski definition) is 5. The van der Waals surface area contributed by atoms with Crippen molar-refractivity contribution >= 4 is 29.2 Å². The Kier molecular flexibility index (Phi) is 4.39. The SMILES string of the molecule is CCNc1nc(OC)nc(-c2cc(Cl)cc(Cl)c2)n1. The van der Waals surface area contributed by atoms with Crippen molar-refractivity contribution in [2.45, 2.75) is 6.92 Å². The highest BCUT2D eigenvalue weighted by atomic mass is 35.5. The van der Waals surface area contributed by atoms with Gasteiger partial charge >= 0.3 is 6.01 Å². The number of halogens is 2. The van der Waals surface area contributed by atoms with Crippen LogP contribution in [0, 0.1) is 0 Å². The molecule has 0 unspecified atom stereocenters. The minimum absolute atomic E-state index is 0.233. The van der Waals surface area contributed by atoms with Crippen LogP contribution >= 0.6 is 23.2 Å². The average Bonchev–Trinajstić information content (AvgIpc) is 2.37. The third kappa shape index (κ3) is 3.45. The minimum Gasteiger partial charge on any atom is -0.467 e. The second-order valence-corrected chi connectivity index (χ2v) is 4.53. The van der Waals surface area contributed by atoms with Crippen molar-refractivity contribution in [1.82, 2.24) is 15.0 Å².